The highest BCUT2D eigenvalue weighted by atomic mass is 16.7. The predicted molar refractivity (Wildman–Crippen MR) is 61.1 cm³/mol. The molecule has 0 fully saturated rings. The van der Waals surface area contributed by atoms with Gasteiger partial charge in [0.15, 0.2) is 17.8 Å². The fourth-order valence-corrected chi connectivity index (χ4v) is 1.76. The molecule has 0 bridgehead atoms. The molecular formula is C12H15NO4. The van der Waals surface area contributed by atoms with Gasteiger partial charge in [-0.3, -0.25) is 0 Å². The van der Waals surface area contributed by atoms with Crippen LogP contribution in [0.1, 0.15) is 25.5 Å². The van der Waals surface area contributed by atoms with E-state index in [4.69, 9.17) is 14.2 Å². The number of fused-ring (bicyclic) bond motifs is 1. The molecule has 2 unspecified atom stereocenters. The first-order chi connectivity index (χ1) is 8.11. The number of hydrogen-bond acceptors (Lipinski definition) is 4. The Morgan fingerprint density at radius 1 is 1.41 bits per heavy atom. The summed E-state index contributed by atoms with van der Waals surface area (Å²) in [6.07, 6.45) is -0.956. The second kappa shape index (κ2) is 4.63. The normalized spacial score (nSPS) is 22.3. The van der Waals surface area contributed by atoms with Gasteiger partial charge in [-0.1, -0.05) is 12.1 Å². The Hall–Kier alpha value is -1.75. The van der Waals surface area contributed by atoms with Gasteiger partial charge in [0.1, 0.15) is 0 Å². The molecule has 5 nitrogen and oxygen atoms in total. The van der Waals surface area contributed by atoms with Crippen LogP contribution in [0.2, 0.25) is 0 Å². The molecule has 5 heteroatoms. The summed E-state index contributed by atoms with van der Waals surface area (Å²) < 4.78 is 16.2. The van der Waals surface area contributed by atoms with E-state index >= 15 is 0 Å². The van der Waals surface area contributed by atoms with E-state index in [2.05, 4.69) is 5.32 Å². The minimum Gasteiger partial charge on any atom is -0.461 e. The number of rotatable bonds is 1. The fraction of sp³-hybridized carbons (Fsp3) is 0.417. The zero-order valence-electron chi connectivity index (χ0n) is 10.0. The molecule has 2 rings (SSSR count). The first-order valence-electron chi connectivity index (χ1n) is 5.46. The maximum absolute atomic E-state index is 11.2. The van der Waals surface area contributed by atoms with E-state index < -0.39 is 6.09 Å². The number of hydrogen-bond donors (Lipinski definition) is 1. The zero-order valence-corrected chi connectivity index (χ0v) is 10.0. The summed E-state index contributed by atoms with van der Waals surface area (Å²) in [7, 11) is 1.51. The number of carbonyl (C=O) groups is 1. The van der Waals surface area contributed by atoms with Crippen LogP contribution in [0.25, 0.3) is 0 Å². The van der Waals surface area contributed by atoms with Crippen molar-refractivity contribution in [3.05, 3.63) is 23.8 Å². The Morgan fingerprint density at radius 3 is 2.88 bits per heavy atom. The topological polar surface area (TPSA) is 56.8 Å². The van der Waals surface area contributed by atoms with Crippen molar-refractivity contribution in [2.24, 2.45) is 0 Å². The van der Waals surface area contributed by atoms with Crippen LogP contribution in [-0.2, 0) is 4.74 Å². The summed E-state index contributed by atoms with van der Waals surface area (Å²) in [6.45, 7) is 3.73. The average molecular weight is 237 g/mol. The predicted octanol–water partition coefficient (Wildman–Crippen LogP) is 2.22. The van der Waals surface area contributed by atoms with Crippen molar-refractivity contribution >= 4 is 6.09 Å². The van der Waals surface area contributed by atoms with Crippen molar-refractivity contribution in [1.82, 2.24) is 5.32 Å². The Labute approximate surface area is 99.7 Å². The number of amides is 1. The van der Waals surface area contributed by atoms with E-state index in [0.717, 1.165) is 5.56 Å². The van der Waals surface area contributed by atoms with Gasteiger partial charge in [0.2, 0.25) is 0 Å². The maximum atomic E-state index is 11.2. The van der Waals surface area contributed by atoms with E-state index in [1.807, 2.05) is 13.0 Å². The lowest BCUT2D eigenvalue weighted by molar-refractivity contribution is -0.123. The van der Waals surface area contributed by atoms with Crippen molar-refractivity contribution in [2.75, 3.05) is 7.05 Å². The SMILES string of the molecule is CNC(=O)Oc1cccc2c1OC(C)OC2C. The lowest BCUT2D eigenvalue weighted by Crippen LogP contribution is -2.27. The van der Waals surface area contributed by atoms with Gasteiger partial charge in [-0.2, -0.15) is 0 Å². The van der Waals surface area contributed by atoms with Gasteiger partial charge in [0.05, 0.1) is 6.10 Å². The van der Waals surface area contributed by atoms with Crippen LogP contribution >= 0.6 is 0 Å². The van der Waals surface area contributed by atoms with Gasteiger partial charge < -0.3 is 19.5 Å². The van der Waals surface area contributed by atoms with Gasteiger partial charge in [-0.15, -0.1) is 0 Å². The minimum absolute atomic E-state index is 0.0815. The summed E-state index contributed by atoms with van der Waals surface area (Å²) in [5, 5.41) is 2.39. The van der Waals surface area contributed by atoms with Crippen molar-refractivity contribution < 1.29 is 19.0 Å². The molecule has 0 saturated heterocycles. The first-order valence-corrected chi connectivity index (χ1v) is 5.46. The van der Waals surface area contributed by atoms with E-state index in [1.54, 1.807) is 19.1 Å². The number of benzene rings is 1. The van der Waals surface area contributed by atoms with Crippen LogP contribution in [0, 0.1) is 0 Å². The first kappa shape index (κ1) is 11.7. The largest absolute Gasteiger partial charge is 0.461 e. The Kier molecular flexibility index (Phi) is 3.19. The molecule has 0 spiro atoms. The number of ether oxygens (including phenoxy) is 3. The summed E-state index contributed by atoms with van der Waals surface area (Å²) in [6, 6.07) is 5.39. The molecule has 1 N–H and O–H groups in total. The molecule has 0 aromatic heterocycles. The number of carbonyl (C=O) groups excluding carboxylic acids is 1. The zero-order chi connectivity index (χ0) is 12.4. The fourth-order valence-electron chi connectivity index (χ4n) is 1.76. The van der Waals surface area contributed by atoms with Crippen molar-refractivity contribution in [2.45, 2.75) is 26.2 Å². The van der Waals surface area contributed by atoms with Crippen LogP contribution in [-0.4, -0.2) is 19.4 Å². The van der Waals surface area contributed by atoms with Crippen molar-refractivity contribution in [1.29, 1.82) is 0 Å². The third-order valence-electron chi connectivity index (χ3n) is 2.53. The van der Waals surface area contributed by atoms with Crippen molar-refractivity contribution in [3.8, 4) is 11.5 Å². The highest BCUT2D eigenvalue weighted by Gasteiger charge is 2.26. The average Bonchev–Trinajstić information content (AvgIpc) is 2.30. The molecule has 1 aliphatic heterocycles. The third-order valence-corrected chi connectivity index (χ3v) is 2.53. The molecule has 1 amide bonds. The third kappa shape index (κ3) is 2.34. The lowest BCUT2D eigenvalue weighted by Gasteiger charge is -2.29. The highest BCUT2D eigenvalue weighted by Crippen LogP contribution is 2.40. The Balaban J connectivity index is 2.35. The molecule has 0 radical (unpaired) electrons. The second-order valence-corrected chi connectivity index (χ2v) is 3.78. The summed E-state index contributed by atoms with van der Waals surface area (Å²) in [5.41, 5.74) is 0.879. The van der Waals surface area contributed by atoms with E-state index in [9.17, 15) is 4.79 Å². The molecule has 2 atom stereocenters. The lowest BCUT2D eigenvalue weighted by atomic mass is 10.1. The Bertz CT molecular complexity index is 433. The van der Waals surface area contributed by atoms with Crippen LogP contribution < -0.4 is 14.8 Å². The highest BCUT2D eigenvalue weighted by molar-refractivity contribution is 5.71. The number of nitrogens with one attached hydrogen (secondary N) is 1. The monoisotopic (exact) mass is 237 g/mol. The summed E-state index contributed by atoms with van der Waals surface area (Å²) >= 11 is 0. The molecule has 0 saturated carbocycles. The van der Waals surface area contributed by atoms with E-state index in [0.29, 0.717) is 11.5 Å². The summed E-state index contributed by atoms with van der Waals surface area (Å²) in [5.74, 6) is 0.978. The number of para-hydroxylation sites is 1. The summed E-state index contributed by atoms with van der Waals surface area (Å²) in [4.78, 5) is 11.2. The molecule has 1 aliphatic rings. The van der Waals surface area contributed by atoms with Gasteiger partial charge in [-0.25, -0.2) is 4.79 Å². The molecule has 0 aliphatic carbocycles. The quantitative estimate of drug-likeness (QED) is 0.813. The standard InChI is InChI=1S/C12H15NO4/c1-7-9-5-4-6-10(17-12(14)13-3)11(9)16-8(2)15-7/h4-8H,1-3H3,(H,13,14). The molecule has 1 aromatic rings. The van der Waals surface area contributed by atoms with Gasteiger partial charge >= 0.3 is 6.09 Å². The Morgan fingerprint density at radius 2 is 2.18 bits per heavy atom. The van der Waals surface area contributed by atoms with Gasteiger partial charge in [0.25, 0.3) is 0 Å². The minimum atomic E-state index is -0.520. The smallest absolute Gasteiger partial charge is 0.412 e. The molecular weight excluding hydrogens is 222 g/mol. The van der Waals surface area contributed by atoms with E-state index in [-0.39, 0.29) is 12.4 Å². The van der Waals surface area contributed by atoms with E-state index in [1.165, 1.54) is 7.05 Å². The van der Waals surface area contributed by atoms with Crippen LogP contribution in [0.4, 0.5) is 4.79 Å². The molecule has 1 aromatic carbocycles. The molecule has 17 heavy (non-hydrogen) atoms. The van der Waals surface area contributed by atoms with Crippen LogP contribution in [0.15, 0.2) is 18.2 Å². The van der Waals surface area contributed by atoms with Crippen LogP contribution in [0.3, 0.4) is 0 Å². The van der Waals surface area contributed by atoms with Gasteiger partial charge in [0, 0.05) is 12.6 Å². The second-order valence-electron chi connectivity index (χ2n) is 3.78. The van der Waals surface area contributed by atoms with Crippen LogP contribution in [0.5, 0.6) is 11.5 Å². The van der Waals surface area contributed by atoms with Gasteiger partial charge in [-0.05, 0) is 19.9 Å². The molecule has 92 valence electrons. The van der Waals surface area contributed by atoms with Crippen molar-refractivity contribution in [3.63, 3.8) is 0 Å². The maximum Gasteiger partial charge on any atom is 0.412 e. The molecule has 1 heterocycles.